The van der Waals surface area contributed by atoms with E-state index in [-0.39, 0.29) is 5.91 Å². The largest absolute Gasteiger partial charge is 0.497 e. The van der Waals surface area contributed by atoms with E-state index in [4.69, 9.17) is 4.74 Å². The quantitative estimate of drug-likeness (QED) is 0.675. The number of para-hydroxylation sites is 1. The van der Waals surface area contributed by atoms with Crippen LogP contribution in [0.4, 0.5) is 16.2 Å². The number of nitrogens with one attached hydrogen (secondary N) is 2. The molecule has 4 rings (SSSR count). The molecule has 3 aromatic carbocycles. The van der Waals surface area contributed by atoms with Gasteiger partial charge >= 0.3 is 6.03 Å². The summed E-state index contributed by atoms with van der Waals surface area (Å²) in [5, 5.41) is 5.63. The molecule has 3 amide bonds. The van der Waals surface area contributed by atoms with E-state index in [0.717, 1.165) is 23.2 Å². The lowest BCUT2D eigenvalue weighted by Gasteiger charge is -2.25. The Hall–Kier alpha value is -3.80. The normalized spacial score (nSPS) is 13.3. The summed E-state index contributed by atoms with van der Waals surface area (Å²) in [6.07, 6.45) is 0.807. The van der Waals surface area contributed by atoms with Gasteiger partial charge in [-0.2, -0.15) is 0 Å². The van der Waals surface area contributed by atoms with Crippen LogP contribution in [-0.2, 0) is 11.2 Å². The number of amides is 3. The van der Waals surface area contributed by atoms with Crippen LogP contribution in [0.15, 0.2) is 78.9 Å². The maximum Gasteiger partial charge on any atom is 0.320 e. The SMILES string of the molecule is COc1ccc(NC(=O)N[C@H](C(=O)N2CCc3ccccc32)c2ccccc2)cc1. The van der Waals surface area contributed by atoms with Crippen molar-refractivity contribution in [3.8, 4) is 5.75 Å². The second-order valence-electron chi connectivity index (χ2n) is 7.04. The summed E-state index contributed by atoms with van der Waals surface area (Å²) >= 11 is 0. The summed E-state index contributed by atoms with van der Waals surface area (Å²) in [4.78, 5) is 27.9. The fraction of sp³-hybridized carbons (Fsp3) is 0.167. The third kappa shape index (κ3) is 4.12. The Morgan fingerprint density at radius 2 is 1.63 bits per heavy atom. The number of hydrogen-bond acceptors (Lipinski definition) is 3. The van der Waals surface area contributed by atoms with Gasteiger partial charge in [-0.1, -0.05) is 48.5 Å². The van der Waals surface area contributed by atoms with Crippen LogP contribution in [0.5, 0.6) is 5.75 Å². The van der Waals surface area contributed by atoms with Gasteiger partial charge in [0.05, 0.1) is 7.11 Å². The first-order valence-corrected chi connectivity index (χ1v) is 9.81. The number of hydrogen-bond donors (Lipinski definition) is 2. The number of anilines is 2. The standard InChI is InChI=1S/C24H23N3O3/c1-30-20-13-11-19(12-14-20)25-24(29)26-22(18-8-3-2-4-9-18)23(28)27-16-15-17-7-5-6-10-21(17)27/h2-14,22H,15-16H2,1H3,(H2,25,26,29)/t22-/m0/s1. The molecule has 1 heterocycles. The smallest absolute Gasteiger partial charge is 0.320 e. The minimum atomic E-state index is -0.796. The van der Waals surface area contributed by atoms with E-state index in [1.807, 2.05) is 54.6 Å². The highest BCUT2D eigenvalue weighted by atomic mass is 16.5. The molecule has 0 fully saturated rings. The number of carbonyl (C=O) groups excluding carboxylic acids is 2. The first kappa shape index (κ1) is 19.5. The number of ether oxygens (including phenoxy) is 1. The van der Waals surface area contributed by atoms with Gasteiger partial charge in [-0.25, -0.2) is 4.79 Å². The molecule has 0 aliphatic carbocycles. The molecular weight excluding hydrogens is 378 g/mol. The summed E-state index contributed by atoms with van der Waals surface area (Å²) in [6, 6.07) is 22.9. The Balaban J connectivity index is 1.54. The molecule has 2 N–H and O–H groups in total. The van der Waals surface area contributed by atoms with Crippen LogP contribution in [0.1, 0.15) is 17.2 Å². The van der Waals surface area contributed by atoms with Crippen LogP contribution in [0.3, 0.4) is 0 Å². The molecular formula is C24H23N3O3. The van der Waals surface area contributed by atoms with Gasteiger partial charge in [0.25, 0.3) is 5.91 Å². The monoisotopic (exact) mass is 401 g/mol. The van der Waals surface area contributed by atoms with Crippen molar-refractivity contribution in [2.75, 3.05) is 23.9 Å². The van der Waals surface area contributed by atoms with E-state index in [2.05, 4.69) is 10.6 Å². The van der Waals surface area contributed by atoms with Crippen molar-refractivity contribution in [2.24, 2.45) is 0 Å². The summed E-state index contributed by atoms with van der Waals surface area (Å²) < 4.78 is 5.14. The Morgan fingerprint density at radius 3 is 2.37 bits per heavy atom. The van der Waals surface area contributed by atoms with Crippen molar-refractivity contribution in [3.05, 3.63) is 90.0 Å². The first-order chi connectivity index (χ1) is 14.7. The fourth-order valence-corrected chi connectivity index (χ4v) is 3.63. The highest BCUT2D eigenvalue weighted by Gasteiger charge is 2.32. The van der Waals surface area contributed by atoms with Crippen molar-refractivity contribution in [2.45, 2.75) is 12.5 Å². The summed E-state index contributed by atoms with van der Waals surface area (Å²) in [7, 11) is 1.59. The zero-order valence-electron chi connectivity index (χ0n) is 16.7. The maximum absolute atomic E-state index is 13.4. The van der Waals surface area contributed by atoms with Gasteiger partial charge < -0.3 is 20.3 Å². The Labute approximate surface area is 175 Å². The van der Waals surface area contributed by atoms with E-state index >= 15 is 0 Å². The van der Waals surface area contributed by atoms with Crippen molar-refractivity contribution in [1.29, 1.82) is 0 Å². The molecule has 30 heavy (non-hydrogen) atoms. The van der Waals surface area contributed by atoms with Crippen molar-refractivity contribution in [3.63, 3.8) is 0 Å². The van der Waals surface area contributed by atoms with Crippen LogP contribution < -0.4 is 20.3 Å². The Bertz CT molecular complexity index is 1040. The lowest BCUT2D eigenvalue weighted by atomic mass is 10.1. The predicted octanol–water partition coefficient (Wildman–Crippen LogP) is 4.15. The van der Waals surface area contributed by atoms with Gasteiger partial charge in [0.1, 0.15) is 11.8 Å². The number of benzene rings is 3. The number of nitrogens with zero attached hydrogens (tertiary/aromatic N) is 1. The average molecular weight is 401 g/mol. The summed E-state index contributed by atoms with van der Waals surface area (Å²) in [5.41, 5.74) is 3.39. The third-order valence-electron chi connectivity index (χ3n) is 5.16. The van der Waals surface area contributed by atoms with Crippen LogP contribution in [0.2, 0.25) is 0 Å². The van der Waals surface area contributed by atoms with Gasteiger partial charge in [0.2, 0.25) is 0 Å². The van der Waals surface area contributed by atoms with Crippen LogP contribution in [0.25, 0.3) is 0 Å². The highest BCUT2D eigenvalue weighted by molar-refractivity contribution is 6.02. The lowest BCUT2D eigenvalue weighted by Crippen LogP contribution is -2.43. The molecule has 0 bridgehead atoms. The molecule has 1 atom stereocenters. The molecule has 6 nitrogen and oxygen atoms in total. The van der Waals surface area contributed by atoms with Crippen molar-refractivity contribution < 1.29 is 14.3 Å². The number of fused-ring (bicyclic) bond motifs is 1. The second kappa shape index (κ2) is 8.69. The van der Waals surface area contributed by atoms with Crippen molar-refractivity contribution >= 4 is 23.3 Å². The predicted molar refractivity (Wildman–Crippen MR) is 117 cm³/mol. The number of urea groups is 1. The Kier molecular flexibility index (Phi) is 5.66. The highest BCUT2D eigenvalue weighted by Crippen LogP contribution is 2.30. The topological polar surface area (TPSA) is 70.7 Å². The van der Waals surface area contributed by atoms with Gasteiger partial charge in [0, 0.05) is 17.9 Å². The molecule has 0 spiro atoms. The minimum absolute atomic E-state index is 0.156. The van der Waals surface area contributed by atoms with Gasteiger partial charge in [-0.3, -0.25) is 4.79 Å². The minimum Gasteiger partial charge on any atom is -0.497 e. The van der Waals surface area contributed by atoms with E-state index in [1.54, 1.807) is 36.3 Å². The van der Waals surface area contributed by atoms with Gasteiger partial charge in [-0.15, -0.1) is 0 Å². The number of methoxy groups -OCH3 is 1. The molecule has 1 aliphatic rings. The molecule has 6 heteroatoms. The second-order valence-corrected chi connectivity index (χ2v) is 7.04. The van der Waals surface area contributed by atoms with E-state index < -0.39 is 12.1 Å². The van der Waals surface area contributed by atoms with Crippen LogP contribution in [-0.4, -0.2) is 25.6 Å². The van der Waals surface area contributed by atoms with E-state index in [1.165, 1.54) is 0 Å². The molecule has 0 saturated heterocycles. The van der Waals surface area contributed by atoms with Crippen LogP contribution in [0, 0.1) is 0 Å². The third-order valence-corrected chi connectivity index (χ3v) is 5.16. The molecule has 152 valence electrons. The zero-order valence-corrected chi connectivity index (χ0v) is 16.7. The zero-order chi connectivity index (χ0) is 20.9. The van der Waals surface area contributed by atoms with E-state index in [9.17, 15) is 9.59 Å². The molecule has 0 unspecified atom stereocenters. The molecule has 0 aromatic heterocycles. The molecule has 0 saturated carbocycles. The van der Waals surface area contributed by atoms with Crippen molar-refractivity contribution in [1.82, 2.24) is 5.32 Å². The Morgan fingerprint density at radius 1 is 0.933 bits per heavy atom. The molecule has 3 aromatic rings. The number of carbonyl (C=O) groups is 2. The van der Waals surface area contributed by atoms with E-state index in [0.29, 0.717) is 18.0 Å². The molecule has 0 radical (unpaired) electrons. The van der Waals surface area contributed by atoms with Gasteiger partial charge in [0.15, 0.2) is 0 Å². The summed E-state index contributed by atoms with van der Waals surface area (Å²) in [5.74, 6) is 0.544. The fourth-order valence-electron chi connectivity index (χ4n) is 3.63. The molecule has 1 aliphatic heterocycles. The van der Waals surface area contributed by atoms with Crippen LogP contribution >= 0.6 is 0 Å². The van der Waals surface area contributed by atoms with Gasteiger partial charge in [-0.05, 0) is 47.9 Å². The first-order valence-electron chi connectivity index (χ1n) is 9.81. The summed E-state index contributed by atoms with van der Waals surface area (Å²) in [6.45, 7) is 0.600. The maximum atomic E-state index is 13.4. The average Bonchev–Trinajstić information content (AvgIpc) is 3.22. The number of rotatable bonds is 5. The lowest BCUT2D eigenvalue weighted by molar-refractivity contribution is -0.120.